The Bertz CT molecular complexity index is 104. The normalized spacial score (nSPS) is 16.9. The van der Waals surface area contributed by atoms with E-state index >= 15 is 0 Å². The predicted octanol–water partition coefficient (Wildman–Crippen LogP) is 1.09. The van der Waals surface area contributed by atoms with Gasteiger partial charge in [0.1, 0.15) is 0 Å². The second kappa shape index (κ2) is 5.01. The van der Waals surface area contributed by atoms with Gasteiger partial charge >= 0.3 is 0 Å². The molecule has 0 saturated heterocycles. The molecule has 68 valence electrons. The zero-order chi connectivity index (χ0) is 8.91. The molecule has 3 N–H and O–H groups in total. The molecule has 0 amide bonds. The first-order chi connectivity index (χ1) is 4.98. The fraction of sp³-hybridized carbons (Fsp3) is 1.00. The van der Waals surface area contributed by atoms with E-state index in [4.69, 9.17) is 5.73 Å². The van der Waals surface area contributed by atoms with Gasteiger partial charge in [-0.3, -0.25) is 0 Å². The van der Waals surface area contributed by atoms with Crippen LogP contribution in [0.15, 0.2) is 0 Å². The number of hydrogen-bond donors (Lipinski definition) is 2. The largest absolute Gasteiger partial charge is 0.388 e. The molecule has 0 spiro atoms. The SMILES string of the molecule is CC(C)CSCC(C)(O)CN. The standard InChI is InChI=1S/C8H19NOS/c1-7(2)4-11-6-8(3,10)5-9/h7,10H,4-6,9H2,1-3H3. The molecule has 1 atom stereocenters. The molecule has 0 radical (unpaired) electrons. The zero-order valence-corrected chi connectivity index (χ0v) is 8.45. The van der Waals surface area contributed by atoms with E-state index in [0.717, 1.165) is 11.5 Å². The lowest BCUT2D eigenvalue weighted by molar-refractivity contribution is 0.0949. The smallest absolute Gasteiger partial charge is 0.0831 e. The van der Waals surface area contributed by atoms with Gasteiger partial charge in [-0.15, -0.1) is 0 Å². The zero-order valence-electron chi connectivity index (χ0n) is 7.63. The third kappa shape index (κ3) is 6.66. The van der Waals surface area contributed by atoms with Gasteiger partial charge in [0.25, 0.3) is 0 Å². The Hall–Kier alpha value is 0.270. The molecule has 0 aliphatic heterocycles. The van der Waals surface area contributed by atoms with Gasteiger partial charge in [-0.05, 0) is 18.6 Å². The molecular formula is C8H19NOS. The molecule has 0 aromatic heterocycles. The molecule has 3 heteroatoms. The molecule has 0 aromatic carbocycles. The first-order valence-corrected chi connectivity index (χ1v) is 5.13. The topological polar surface area (TPSA) is 46.2 Å². The van der Waals surface area contributed by atoms with Crippen LogP contribution in [0.4, 0.5) is 0 Å². The maximum Gasteiger partial charge on any atom is 0.0831 e. The van der Waals surface area contributed by atoms with Crippen molar-refractivity contribution in [1.29, 1.82) is 0 Å². The van der Waals surface area contributed by atoms with E-state index in [1.54, 1.807) is 18.7 Å². The van der Waals surface area contributed by atoms with Crippen LogP contribution < -0.4 is 5.73 Å². The summed E-state index contributed by atoms with van der Waals surface area (Å²) in [5.41, 5.74) is 4.68. The molecular weight excluding hydrogens is 158 g/mol. The highest BCUT2D eigenvalue weighted by Gasteiger charge is 2.17. The van der Waals surface area contributed by atoms with Gasteiger partial charge in [-0.25, -0.2) is 0 Å². The van der Waals surface area contributed by atoms with E-state index in [0.29, 0.717) is 12.5 Å². The van der Waals surface area contributed by atoms with Crippen LogP contribution in [0.25, 0.3) is 0 Å². The number of thioether (sulfide) groups is 1. The van der Waals surface area contributed by atoms with Crippen LogP contribution in [0.1, 0.15) is 20.8 Å². The molecule has 0 heterocycles. The van der Waals surface area contributed by atoms with Crippen molar-refractivity contribution in [3.63, 3.8) is 0 Å². The second-order valence-corrected chi connectivity index (χ2v) is 4.64. The molecule has 2 nitrogen and oxygen atoms in total. The van der Waals surface area contributed by atoms with Gasteiger partial charge in [-0.1, -0.05) is 13.8 Å². The van der Waals surface area contributed by atoms with E-state index in [1.807, 2.05) is 0 Å². The Labute approximate surface area is 73.6 Å². The first-order valence-electron chi connectivity index (χ1n) is 3.98. The van der Waals surface area contributed by atoms with Crippen molar-refractivity contribution in [2.24, 2.45) is 11.7 Å². The van der Waals surface area contributed by atoms with E-state index in [1.165, 1.54) is 0 Å². The fourth-order valence-corrected chi connectivity index (χ4v) is 1.72. The minimum absolute atomic E-state index is 0.345. The Balaban J connectivity index is 3.38. The molecule has 0 bridgehead atoms. The lowest BCUT2D eigenvalue weighted by atomic mass is 10.1. The summed E-state index contributed by atoms with van der Waals surface area (Å²) < 4.78 is 0. The van der Waals surface area contributed by atoms with Crippen LogP contribution in [-0.2, 0) is 0 Å². The van der Waals surface area contributed by atoms with Crippen molar-refractivity contribution in [2.45, 2.75) is 26.4 Å². The van der Waals surface area contributed by atoms with Crippen LogP contribution in [0.2, 0.25) is 0 Å². The number of aliphatic hydroxyl groups is 1. The minimum atomic E-state index is -0.681. The summed E-state index contributed by atoms with van der Waals surface area (Å²) in [5.74, 6) is 2.52. The summed E-state index contributed by atoms with van der Waals surface area (Å²) in [4.78, 5) is 0. The van der Waals surface area contributed by atoms with Gasteiger partial charge < -0.3 is 10.8 Å². The maximum absolute atomic E-state index is 9.49. The monoisotopic (exact) mass is 177 g/mol. The summed E-state index contributed by atoms with van der Waals surface area (Å²) in [5, 5.41) is 9.49. The average Bonchev–Trinajstić information content (AvgIpc) is 1.87. The molecule has 0 aromatic rings. The summed E-state index contributed by atoms with van der Waals surface area (Å²) in [6, 6.07) is 0. The summed E-state index contributed by atoms with van der Waals surface area (Å²) >= 11 is 1.76. The summed E-state index contributed by atoms with van der Waals surface area (Å²) in [7, 11) is 0. The van der Waals surface area contributed by atoms with E-state index in [-0.39, 0.29) is 0 Å². The van der Waals surface area contributed by atoms with Crippen LogP contribution in [0.5, 0.6) is 0 Å². The van der Waals surface area contributed by atoms with Crippen molar-refractivity contribution < 1.29 is 5.11 Å². The minimum Gasteiger partial charge on any atom is -0.388 e. The average molecular weight is 177 g/mol. The molecule has 0 saturated carbocycles. The molecule has 11 heavy (non-hydrogen) atoms. The third-order valence-electron chi connectivity index (χ3n) is 1.30. The summed E-state index contributed by atoms with van der Waals surface area (Å²) in [6.45, 7) is 6.47. The van der Waals surface area contributed by atoms with Gasteiger partial charge in [0.2, 0.25) is 0 Å². The van der Waals surface area contributed by atoms with Crippen molar-refractivity contribution >= 4 is 11.8 Å². The lowest BCUT2D eigenvalue weighted by Gasteiger charge is -2.20. The Morgan fingerprint density at radius 3 is 2.45 bits per heavy atom. The highest BCUT2D eigenvalue weighted by atomic mass is 32.2. The maximum atomic E-state index is 9.49. The number of rotatable bonds is 5. The third-order valence-corrected chi connectivity index (χ3v) is 3.03. The Kier molecular flexibility index (Phi) is 5.13. The van der Waals surface area contributed by atoms with Crippen LogP contribution in [0, 0.1) is 5.92 Å². The highest BCUT2D eigenvalue weighted by molar-refractivity contribution is 7.99. The quantitative estimate of drug-likeness (QED) is 0.660. The molecule has 0 aliphatic carbocycles. The lowest BCUT2D eigenvalue weighted by Crippen LogP contribution is -2.36. The molecule has 0 aliphatic rings. The summed E-state index contributed by atoms with van der Waals surface area (Å²) in [6.07, 6.45) is 0. The number of nitrogens with two attached hydrogens (primary N) is 1. The Morgan fingerprint density at radius 1 is 1.55 bits per heavy atom. The highest BCUT2D eigenvalue weighted by Crippen LogP contribution is 2.14. The van der Waals surface area contributed by atoms with Gasteiger partial charge in [0, 0.05) is 12.3 Å². The first kappa shape index (κ1) is 11.3. The van der Waals surface area contributed by atoms with E-state index in [9.17, 15) is 5.11 Å². The number of hydrogen-bond acceptors (Lipinski definition) is 3. The van der Waals surface area contributed by atoms with Crippen molar-refractivity contribution in [3.8, 4) is 0 Å². The van der Waals surface area contributed by atoms with Crippen molar-refractivity contribution in [2.75, 3.05) is 18.1 Å². The van der Waals surface area contributed by atoms with Gasteiger partial charge in [-0.2, -0.15) is 11.8 Å². The van der Waals surface area contributed by atoms with E-state index in [2.05, 4.69) is 13.8 Å². The molecule has 0 fully saturated rings. The van der Waals surface area contributed by atoms with E-state index < -0.39 is 5.60 Å². The molecule has 0 rings (SSSR count). The fourth-order valence-electron chi connectivity index (χ4n) is 0.573. The van der Waals surface area contributed by atoms with Gasteiger partial charge in [0.05, 0.1) is 5.60 Å². The van der Waals surface area contributed by atoms with Crippen molar-refractivity contribution in [3.05, 3.63) is 0 Å². The second-order valence-electron chi connectivity index (χ2n) is 3.61. The van der Waals surface area contributed by atoms with Crippen LogP contribution >= 0.6 is 11.8 Å². The van der Waals surface area contributed by atoms with Crippen molar-refractivity contribution in [1.82, 2.24) is 0 Å². The Morgan fingerprint density at radius 2 is 2.09 bits per heavy atom. The predicted molar refractivity (Wildman–Crippen MR) is 51.8 cm³/mol. The van der Waals surface area contributed by atoms with Crippen LogP contribution in [-0.4, -0.2) is 28.8 Å². The molecule has 1 unspecified atom stereocenters. The van der Waals surface area contributed by atoms with Crippen LogP contribution in [0.3, 0.4) is 0 Å². The van der Waals surface area contributed by atoms with Gasteiger partial charge in [0.15, 0.2) is 0 Å².